The second kappa shape index (κ2) is 11.0. The Kier molecular flexibility index (Phi) is 8.10. The lowest BCUT2D eigenvalue weighted by Gasteiger charge is -2.35. The third kappa shape index (κ3) is 5.72. The summed E-state index contributed by atoms with van der Waals surface area (Å²) in [5, 5.41) is 0. The van der Waals surface area contributed by atoms with Gasteiger partial charge in [0.25, 0.3) is 0 Å². The quantitative estimate of drug-likeness (QED) is 0.531. The molecular formula is C28H44N6. The van der Waals surface area contributed by atoms with Gasteiger partial charge in [0, 0.05) is 75.1 Å². The highest BCUT2D eigenvalue weighted by atomic mass is 15.3. The Labute approximate surface area is 207 Å². The van der Waals surface area contributed by atoms with E-state index in [0.717, 1.165) is 13.1 Å². The predicted molar refractivity (Wildman–Crippen MR) is 142 cm³/mol. The predicted octanol–water partition coefficient (Wildman–Crippen LogP) is 4.79. The third-order valence-corrected chi connectivity index (χ3v) is 7.97. The number of aromatic nitrogens is 2. The van der Waals surface area contributed by atoms with Crippen LogP contribution in [0.2, 0.25) is 0 Å². The molecule has 34 heavy (non-hydrogen) atoms. The van der Waals surface area contributed by atoms with Crippen molar-refractivity contribution in [3.05, 3.63) is 48.0 Å². The Morgan fingerprint density at radius 2 is 1.18 bits per heavy atom. The van der Waals surface area contributed by atoms with Crippen LogP contribution in [0.5, 0.6) is 0 Å². The van der Waals surface area contributed by atoms with E-state index < -0.39 is 0 Å². The minimum Gasteiger partial charge on any atom is -0.372 e. The summed E-state index contributed by atoms with van der Waals surface area (Å²) in [5.41, 5.74) is 4.89. The van der Waals surface area contributed by atoms with Crippen LogP contribution in [0.25, 0.3) is 0 Å². The molecule has 0 saturated carbocycles. The van der Waals surface area contributed by atoms with Crippen molar-refractivity contribution < 1.29 is 0 Å². The second-order valence-electron chi connectivity index (χ2n) is 10.8. The molecule has 6 heteroatoms. The van der Waals surface area contributed by atoms with Crippen LogP contribution >= 0.6 is 0 Å². The third-order valence-electron chi connectivity index (χ3n) is 7.97. The van der Waals surface area contributed by atoms with Gasteiger partial charge in [-0.25, -0.2) is 0 Å². The van der Waals surface area contributed by atoms with Gasteiger partial charge in [-0.15, -0.1) is 0 Å². The molecule has 0 aliphatic carbocycles. The van der Waals surface area contributed by atoms with Crippen molar-refractivity contribution >= 4 is 11.4 Å². The van der Waals surface area contributed by atoms with Crippen molar-refractivity contribution in [1.82, 2.24) is 19.8 Å². The first kappa shape index (κ1) is 24.9. The molecule has 2 aliphatic rings. The average molecular weight is 465 g/mol. The summed E-state index contributed by atoms with van der Waals surface area (Å²) >= 11 is 0. The maximum Gasteiger partial charge on any atom is 0.0564 e. The molecule has 0 N–H and O–H groups in total. The van der Waals surface area contributed by atoms with E-state index in [1.165, 1.54) is 61.5 Å². The lowest BCUT2D eigenvalue weighted by Crippen LogP contribution is -2.45. The average Bonchev–Trinajstić information content (AvgIpc) is 3.47. The standard InChI is InChI=1S/C28H44N6/c1-21(2)31(5)25-11-13-29-23(17-25)19-33-15-7-9-27(33)28-10-8-16-34(28)20-24-18-26(12-14-30-24)32(6)22(3)4/h11-14,17-18,21-22,27-28H,7-10,15-16,19-20H2,1-6H3. The van der Waals surface area contributed by atoms with Crippen LogP contribution in [0.3, 0.4) is 0 Å². The van der Waals surface area contributed by atoms with E-state index in [1.807, 2.05) is 12.4 Å². The summed E-state index contributed by atoms with van der Waals surface area (Å²) in [6.07, 6.45) is 9.10. The maximum atomic E-state index is 4.74. The van der Waals surface area contributed by atoms with Gasteiger partial charge in [-0.3, -0.25) is 19.8 Å². The van der Waals surface area contributed by atoms with Gasteiger partial charge >= 0.3 is 0 Å². The van der Waals surface area contributed by atoms with E-state index in [2.05, 4.69) is 85.7 Å². The number of anilines is 2. The van der Waals surface area contributed by atoms with Gasteiger partial charge in [0.1, 0.15) is 0 Å². The Bertz CT molecular complexity index is 853. The van der Waals surface area contributed by atoms with Crippen LogP contribution < -0.4 is 9.80 Å². The van der Waals surface area contributed by atoms with E-state index in [0.29, 0.717) is 24.2 Å². The molecule has 0 aromatic carbocycles. The van der Waals surface area contributed by atoms with Crippen molar-refractivity contribution in [2.24, 2.45) is 0 Å². The van der Waals surface area contributed by atoms with Crippen molar-refractivity contribution in [2.45, 2.75) is 90.6 Å². The minimum absolute atomic E-state index is 0.481. The molecule has 186 valence electrons. The molecule has 4 rings (SSSR count). The summed E-state index contributed by atoms with van der Waals surface area (Å²) in [7, 11) is 4.33. The lowest BCUT2D eigenvalue weighted by atomic mass is 10.0. The van der Waals surface area contributed by atoms with Crippen molar-refractivity contribution in [2.75, 3.05) is 37.0 Å². The summed E-state index contributed by atoms with van der Waals surface area (Å²) in [6.45, 7) is 13.2. The summed E-state index contributed by atoms with van der Waals surface area (Å²) in [6, 6.07) is 11.0. The molecule has 0 bridgehead atoms. The van der Waals surface area contributed by atoms with Crippen LogP contribution in [0, 0.1) is 0 Å². The maximum absolute atomic E-state index is 4.74. The molecule has 2 aromatic heterocycles. The minimum atomic E-state index is 0.481. The van der Waals surface area contributed by atoms with Crippen molar-refractivity contribution in [1.29, 1.82) is 0 Å². The van der Waals surface area contributed by atoms with E-state index in [-0.39, 0.29) is 0 Å². The Balaban J connectivity index is 1.44. The summed E-state index contributed by atoms with van der Waals surface area (Å²) in [4.78, 5) is 19.5. The molecule has 2 aromatic rings. The van der Waals surface area contributed by atoms with E-state index in [4.69, 9.17) is 9.97 Å². The number of hydrogen-bond acceptors (Lipinski definition) is 6. The molecule has 0 amide bonds. The highest BCUT2D eigenvalue weighted by Crippen LogP contribution is 2.32. The second-order valence-corrected chi connectivity index (χ2v) is 10.8. The summed E-state index contributed by atoms with van der Waals surface area (Å²) in [5.74, 6) is 0. The molecule has 2 aliphatic heterocycles. The first-order valence-corrected chi connectivity index (χ1v) is 13.2. The van der Waals surface area contributed by atoms with Crippen LogP contribution in [-0.2, 0) is 13.1 Å². The fourth-order valence-corrected chi connectivity index (χ4v) is 5.52. The van der Waals surface area contributed by atoms with E-state index in [1.54, 1.807) is 0 Å². The molecule has 6 nitrogen and oxygen atoms in total. The fourth-order valence-electron chi connectivity index (χ4n) is 5.52. The SMILES string of the molecule is CC(C)N(C)c1ccnc(CN2CCCC2C2CCCN2Cc2cc(N(C)C(C)C)ccn2)c1. The first-order chi connectivity index (χ1) is 16.3. The highest BCUT2D eigenvalue weighted by Gasteiger charge is 2.37. The fraction of sp³-hybridized carbons (Fsp3) is 0.643. The number of likely N-dealkylation sites (tertiary alicyclic amines) is 2. The van der Waals surface area contributed by atoms with E-state index in [9.17, 15) is 0 Å². The highest BCUT2D eigenvalue weighted by molar-refractivity contribution is 5.47. The summed E-state index contributed by atoms with van der Waals surface area (Å²) < 4.78 is 0. The van der Waals surface area contributed by atoms with Gasteiger partial charge in [0.2, 0.25) is 0 Å². The zero-order valence-electron chi connectivity index (χ0n) is 22.1. The molecular weight excluding hydrogens is 420 g/mol. The number of rotatable bonds is 9. The molecule has 2 fully saturated rings. The van der Waals surface area contributed by atoms with Gasteiger partial charge in [0.05, 0.1) is 11.4 Å². The molecule has 2 unspecified atom stereocenters. The Morgan fingerprint density at radius 1 is 0.765 bits per heavy atom. The zero-order chi connectivity index (χ0) is 24.2. The number of hydrogen-bond donors (Lipinski definition) is 0. The van der Waals surface area contributed by atoms with Crippen LogP contribution in [0.15, 0.2) is 36.7 Å². The molecule has 2 saturated heterocycles. The zero-order valence-corrected chi connectivity index (χ0v) is 22.1. The van der Waals surface area contributed by atoms with Gasteiger partial charge in [-0.05, 0) is 90.7 Å². The lowest BCUT2D eigenvalue weighted by molar-refractivity contribution is 0.122. The van der Waals surface area contributed by atoms with Crippen molar-refractivity contribution in [3.63, 3.8) is 0 Å². The Hall–Kier alpha value is -2.18. The normalized spacial score (nSPS) is 21.6. The first-order valence-electron chi connectivity index (χ1n) is 13.2. The van der Waals surface area contributed by atoms with Gasteiger partial charge in [-0.2, -0.15) is 0 Å². The van der Waals surface area contributed by atoms with E-state index >= 15 is 0 Å². The molecule has 2 atom stereocenters. The van der Waals surface area contributed by atoms with Gasteiger partial charge < -0.3 is 9.80 Å². The molecule has 0 radical (unpaired) electrons. The van der Waals surface area contributed by atoms with Crippen LogP contribution in [0.4, 0.5) is 11.4 Å². The van der Waals surface area contributed by atoms with Crippen LogP contribution in [-0.4, -0.2) is 71.1 Å². The molecule has 4 heterocycles. The molecule has 0 spiro atoms. The monoisotopic (exact) mass is 464 g/mol. The Morgan fingerprint density at radius 3 is 1.56 bits per heavy atom. The largest absolute Gasteiger partial charge is 0.372 e. The van der Waals surface area contributed by atoms with Gasteiger partial charge in [-0.1, -0.05) is 0 Å². The van der Waals surface area contributed by atoms with Crippen LogP contribution in [0.1, 0.15) is 64.8 Å². The number of pyridine rings is 2. The number of nitrogens with zero attached hydrogens (tertiary/aromatic N) is 6. The topological polar surface area (TPSA) is 38.7 Å². The smallest absolute Gasteiger partial charge is 0.0564 e. The van der Waals surface area contributed by atoms with Crippen molar-refractivity contribution in [3.8, 4) is 0 Å². The van der Waals surface area contributed by atoms with Gasteiger partial charge in [0.15, 0.2) is 0 Å².